The Kier molecular flexibility index (Phi) is 6.64. The minimum atomic E-state index is -4.12. The summed E-state index contributed by atoms with van der Waals surface area (Å²) in [6, 6.07) is 0.160. The summed E-state index contributed by atoms with van der Waals surface area (Å²) in [5.74, 6) is -6.53. The van der Waals surface area contributed by atoms with E-state index in [1.807, 2.05) is 5.32 Å². The van der Waals surface area contributed by atoms with Gasteiger partial charge in [-0.2, -0.15) is 4.72 Å². The average molecular weight is 434 g/mol. The van der Waals surface area contributed by atoms with Gasteiger partial charge in [-0.1, -0.05) is 5.16 Å². The van der Waals surface area contributed by atoms with Crippen molar-refractivity contribution in [2.24, 2.45) is 0 Å². The first-order valence-electron chi connectivity index (χ1n) is 8.10. The van der Waals surface area contributed by atoms with E-state index in [1.54, 1.807) is 0 Å². The molecule has 29 heavy (non-hydrogen) atoms. The van der Waals surface area contributed by atoms with Crippen molar-refractivity contribution in [3.63, 3.8) is 0 Å². The number of anilines is 1. The number of benzene rings is 1. The molecular weight excluding hydrogens is 417 g/mol. The van der Waals surface area contributed by atoms with E-state index in [-0.39, 0.29) is 16.3 Å². The molecule has 0 aliphatic rings. The number of nitrogens with one attached hydrogen (secondary N) is 3. The van der Waals surface area contributed by atoms with E-state index in [0.29, 0.717) is 6.07 Å². The summed E-state index contributed by atoms with van der Waals surface area (Å²) < 4.78 is 71.1. The van der Waals surface area contributed by atoms with E-state index >= 15 is 0 Å². The van der Waals surface area contributed by atoms with E-state index in [2.05, 4.69) is 15.2 Å². The number of rotatable bonds is 7. The summed E-state index contributed by atoms with van der Waals surface area (Å²) in [6.07, 6.45) is 0. The Morgan fingerprint density at radius 3 is 2.41 bits per heavy atom. The van der Waals surface area contributed by atoms with Crippen LogP contribution in [0.25, 0.3) is 0 Å². The van der Waals surface area contributed by atoms with Gasteiger partial charge in [0, 0.05) is 0 Å². The predicted molar refractivity (Wildman–Crippen MR) is 93.7 cm³/mol. The molecule has 0 spiro atoms. The van der Waals surface area contributed by atoms with Gasteiger partial charge in [0.1, 0.15) is 10.6 Å². The molecule has 1 aromatic carbocycles. The summed E-state index contributed by atoms with van der Waals surface area (Å²) >= 11 is 0. The van der Waals surface area contributed by atoms with E-state index in [0.717, 1.165) is 6.07 Å². The maximum atomic E-state index is 13.5. The van der Waals surface area contributed by atoms with Crippen LogP contribution >= 0.6 is 0 Å². The minimum Gasteiger partial charge on any atom is -0.360 e. The van der Waals surface area contributed by atoms with Crippen molar-refractivity contribution in [2.45, 2.75) is 31.7 Å². The molecule has 0 radical (unpaired) electrons. The molecule has 1 heterocycles. The van der Waals surface area contributed by atoms with Gasteiger partial charge in [0.15, 0.2) is 23.2 Å². The molecule has 2 amide bonds. The normalized spacial score (nSPS) is 12.5. The van der Waals surface area contributed by atoms with Crippen LogP contribution in [-0.2, 0) is 19.6 Å². The number of halogens is 3. The predicted octanol–water partition coefficient (Wildman–Crippen LogP) is 1.13. The van der Waals surface area contributed by atoms with Gasteiger partial charge in [0.25, 0.3) is 0 Å². The van der Waals surface area contributed by atoms with E-state index in [4.69, 9.17) is 4.52 Å². The Hall–Kier alpha value is -2.93. The van der Waals surface area contributed by atoms with Crippen molar-refractivity contribution in [3.8, 4) is 0 Å². The second kappa shape index (κ2) is 8.61. The Morgan fingerprint density at radius 1 is 1.17 bits per heavy atom. The van der Waals surface area contributed by atoms with Crippen LogP contribution in [-0.4, -0.2) is 38.0 Å². The third-order valence-electron chi connectivity index (χ3n) is 3.69. The first-order chi connectivity index (χ1) is 13.4. The number of amides is 2. The largest absolute Gasteiger partial charge is 0.360 e. The smallest absolute Gasteiger partial charge is 0.246 e. The lowest BCUT2D eigenvalue weighted by Gasteiger charge is -2.14. The van der Waals surface area contributed by atoms with Crippen LogP contribution in [0.4, 0.5) is 18.9 Å². The molecule has 2 aromatic rings. The molecule has 0 fully saturated rings. The molecule has 13 heteroatoms. The summed E-state index contributed by atoms with van der Waals surface area (Å²) in [7, 11) is -4.12. The molecule has 3 N–H and O–H groups in total. The molecule has 0 bridgehead atoms. The quantitative estimate of drug-likeness (QED) is 0.560. The molecule has 0 unspecified atom stereocenters. The number of sulfonamides is 1. The lowest BCUT2D eigenvalue weighted by atomic mass is 10.2. The number of aromatic nitrogens is 1. The highest BCUT2D eigenvalue weighted by Crippen LogP contribution is 2.20. The lowest BCUT2D eigenvalue weighted by molar-refractivity contribution is -0.125. The van der Waals surface area contributed by atoms with E-state index in [9.17, 15) is 31.2 Å². The number of hydrogen-bond acceptors (Lipinski definition) is 6. The summed E-state index contributed by atoms with van der Waals surface area (Å²) in [4.78, 5) is 23.6. The first-order valence-corrected chi connectivity index (χ1v) is 9.58. The van der Waals surface area contributed by atoms with Crippen molar-refractivity contribution in [3.05, 3.63) is 41.0 Å². The van der Waals surface area contributed by atoms with Crippen LogP contribution < -0.4 is 15.4 Å². The van der Waals surface area contributed by atoms with Crippen molar-refractivity contribution >= 4 is 27.5 Å². The molecule has 1 aromatic heterocycles. The molecule has 0 saturated carbocycles. The van der Waals surface area contributed by atoms with Gasteiger partial charge in [-0.25, -0.2) is 21.6 Å². The molecule has 0 aliphatic carbocycles. The number of hydrogen-bond donors (Lipinski definition) is 3. The van der Waals surface area contributed by atoms with Gasteiger partial charge in [-0.3, -0.25) is 9.59 Å². The van der Waals surface area contributed by atoms with E-state index < -0.39 is 57.6 Å². The average Bonchev–Trinajstić information content (AvgIpc) is 2.99. The van der Waals surface area contributed by atoms with Crippen molar-refractivity contribution in [1.29, 1.82) is 0 Å². The van der Waals surface area contributed by atoms with Gasteiger partial charge >= 0.3 is 0 Å². The van der Waals surface area contributed by atoms with Gasteiger partial charge in [-0.15, -0.1) is 0 Å². The molecule has 0 saturated heterocycles. The zero-order chi connectivity index (χ0) is 21.9. The third-order valence-corrected chi connectivity index (χ3v) is 5.48. The Labute approximate surface area is 163 Å². The number of nitrogens with zero attached hydrogens (tertiary/aromatic N) is 1. The Bertz CT molecular complexity index is 1040. The fourth-order valence-electron chi connectivity index (χ4n) is 2.34. The van der Waals surface area contributed by atoms with Crippen molar-refractivity contribution < 1.29 is 35.7 Å². The van der Waals surface area contributed by atoms with Crippen LogP contribution in [0.3, 0.4) is 0 Å². The molecule has 1 atom stereocenters. The van der Waals surface area contributed by atoms with Crippen molar-refractivity contribution in [2.75, 3.05) is 11.9 Å². The first kappa shape index (κ1) is 22.4. The van der Waals surface area contributed by atoms with Crippen LogP contribution in [0.2, 0.25) is 0 Å². The molecule has 158 valence electrons. The van der Waals surface area contributed by atoms with Gasteiger partial charge < -0.3 is 15.2 Å². The monoisotopic (exact) mass is 434 g/mol. The topological polar surface area (TPSA) is 130 Å². The minimum absolute atomic E-state index is 0.0375. The maximum Gasteiger partial charge on any atom is 0.246 e. The van der Waals surface area contributed by atoms with Crippen LogP contribution in [0.5, 0.6) is 0 Å². The second-order valence-electron chi connectivity index (χ2n) is 5.99. The fraction of sp³-hybridized carbons (Fsp3) is 0.312. The van der Waals surface area contributed by atoms with Gasteiger partial charge in [-0.05, 0) is 32.9 Å². The summed E-state index contributed by atoms with van der Waals surface area (Å²) in [6.45, 7) is 3.37. The maximum absolute atomic E-state index is 13.5. The Morgan fingerprint density at radius 2 is 1.83 bits per heavy atom. The van der Waals surface area contributed by atoms with Gasteiger partial charge in [0.2, 0.25) is 21.8 Å². The second-order valence-corrected chi connectivity index (χ2v) is 7.64. The number of aryl methyl sites for hydroxylation is 2. The summed E-state index contributed by atoms with van der Waals surface area (Å²) in [5, 5.41) is 7.63. The molecular formula is C16H17F3N4O5S. The highest BCUT2D eigenvalue weighted by Gasteiger charge is 2.28. The SMILES string of the molecule is Cc1noc(C)c1S(=O)(=O)N[C@H](C)C(=O)NCC(=O)Nc1ccc(F)c(F)c1F. The molecule has 0 aliphatic heterocycles. The van der Waals surface area contributed by atoms with Crippen molar-refractivity contribution in [1.82, 2.24) is 15.2 Å². The van der Waals surface area contributed by atoms with Crippen LogP contribution in [0, 0.1) is 31.3 Å². The lowest BCUT2D eigenvalue weighted by Crippen LogP contribution is -2.46. The number of carbonyl (C=O) groups is 2. The number of carbonyl (C=O) groups excluding carboxylic acids is 2. The highest BCUT2D eigenvalue weighted by molar-refractivity contribution is 7.89. The summed E-state index contributed by atoms with van der Waals surface area (Å²) in [5.41, 5.74) is -0.508. The van der Waals surface area contributed by atoms with Crippen LogP contribution in [0.15, 0.2) is 21.6 Å². The zero-order valence-electron chi connectivity index (χ0n) is 15.5. The molecule has 9 nitrogen and oxygen atoms in total. The highest BCUT2D eigenvalue weighted by atomic mass is 32.2. The van der Waals surface area contributed by atoms with E-state index in [1.165, 1.54) is 20.8 Å². The van der Waals surface area contributed by atoms with Gasteiger partial charge in [0.05, 0.1) is 18.3 Å². The zero-order valence-corrected chi connectivity index (χ0v) is 16.3. The fourth-order valence-corrected chi connectivity index (χ4v) is 3.87. The standard InChI is InChI=1S/C16H17F3N4O5S/c1-7-15(9(3)28-22-7)29(26,27)23-8(2)16(25)20-6-12(24)21-11-5-4-10(17)13(18)14(11)19/h4-5,8,23H,6H2,1-3H3,(H,20,25)(H,21,24)/t8-/m1/s1. The van der Waals surface area contributed by atoms with Crippen LogP contribution in [0.1, 0.15) is 18.4 Å². The Balaban J connectivity index is 1.95. The third kappa shape index (κ3) is 5.12. The molecule has 2 rings (SSSR count).